The highest BCUT2D eigenvalue weighted by molar-refractivity contribution is 6.31. The van der Waals surface area contributed by atoms with Gasteiger partial charge in [0.2, 0.25) is 0 Å². The van der Waals surface area contributed by atoms with E-state index >= 15 is 0 Å². The molecule has 0 fully saturated rings. The molecule has 12 rings (SSSR count). The molecule has 2 aliphatic heterocycles. The van der Waals surface area contributed by atoms with Crippen molar-refractivity contribution in [2.75, 3.05) is 24.9 Å². The number of rotatable bonds is 4. The van der Waals surface area contributed by atoms with Gasteiger partial charge in [0, 0.05) is 56.5 Å². The first-order chi connectivity index (χ1) is 29.4. The Labute approximate surface area is 354 Å². The lowest BCUT2D eigenvalue weighted by molar-refractivity contribution is 0.415. The number of methoxy groups -OCH3 is 2. The molecule has 0 spiro atoms. The summed E-state index contributed by atoms with van der Waals surface area (Å²) in [5.74, 6) is 3.35. The van der Waals surface area contributed by atoms with Gasteiger partial charge in [0.25, 0.3) is 0 Å². The molecule has 2 aliphatic rings. The number of hydrogen-bond donors (Lipinski definition) is 2. The maximum atomic E-state index is 6.72. The topological polar surface area (TPSA) is 104 Å². The van der Waals surface area contributed by atoms with E-state index in [2.05, 4.69) is 78.3 Å². The summed E-state index contributed by atoms with van der Waals surface area (Å²) in [5, 5.41) is 10.2. The summed E-state index contributed by atoms with van der Waals surface area (Å²) in [6.07, 6.45) is -0.456. The standard InChI is InChI=1S/2C24H17ClN4O/c2*1-30-15-11-10-14-12-17(22(25)26-20(14)13-15)24-27-18-7-3-2-6-16(18)23-28-19-8-4-5-9-21(19)29(23)24/h2*2-13,24,27H,1H3/t2*24-/m00/s1. The Morgan fingerprint density at radius 3 is 1.33 bits per heavy atom. The zero-order chi connectivity index (χ0) is 40.5. The van der Waals surface area contributed by atoms with Crippen molar-refractivity contribution in [2.45, 2.75) is 12.3 Å². The first kappa shape index (κ1) is 36.0. The zero-order valence-corrected chi connectivity index (χ0v) is 33.8. The van der Waals surface area contributed by atoms with E-state index in [9.17, 15) is 0 Å². The number of benzene rings is 6. The molecule has 0 radical (unpaired) electrons. The van der Waals surface area contributed by atoms with Crippen LogP contribution < -0.4 is 20.1 Å². The maximum absolute atomic E-state index is 6.72. The van der Waals surface area contributed by atoms with Gasteiger partial charge in [-0.3, -0.25) is 9.13 Å². The van der Waals surface area contributed by atoms with E-state index in [0.717, 1.165) is 101 Å². The number of ether oxygens (including phenoxy) is 2. The summed E-state index contributed by atoms with van der Waals surface area (Å²) < 4.78 is 15.1. The van der Waals surface area contributed by atoms with Crippen LogP contribution in [-0.4, -0.2) is 43.3 Å². The lowest BCUT2D eigenvalue weighted by atomic mass is 10.1. The highest BCUT2D eigenvalue weighted by Gasteiger charge is 2.31. The molecule has 0 amide bonds. The van der Waals surface area contributed by atoms with E-state index < -0.39 is 0 Å². The molecule has 4 aromatic heterocycles. The number of nitrogens with zero attached hydrogens (tertiary/aromatic N) is 6. The van der Waals surface area contributed by atoms with E-state index in [-0.39, 0.29) is 12.3 Å². The van der Waals surface area contributed by atoms with Crippen LogP contribution in [0, 0.1) is 0 Å². The van der Waals surface area contributed by atoms with Gasteiger partial charge in [0.1, 0.15) is 45.8 Å². The van der Waals surface area contributed by atoms with Gasteiger partial charge in [-0.25, -0.2) is 19.9 Å². The Morgan fingerprint density at radius 1 is 0.467 bits per heavy atom. The third kappa shape index (κ3) is 5.86. The van der Waals surface area contributed by atoms with Gasteiger partial charge in [-0.05, 0) is 84.9 Å². The van der Waals surface area contributed by atoms with Crippen molar-refractivity contribution in [3.05, 3.63) is 167 Å². The summed E-state index contributed by atoms with van der Waals surface area (Å²) in [5.41, 5.74) is 11.6. The summed E-state index contributed by atoms with van der Waals surface area (Å²) in [6, 6.07) is 48.6. The van der Waals surface area contributed by atoms with E-state index in [1.165, 1.54) is 0 Å². The Balaban J connectivity index is 0.000000136. The number of hydrogen-bond acceptors (Lipinski definition) is 8. The number of fused-ring (bicyclic) bond motifs is 12. The zero-order valence-electron chi connectivity index (χ0n) is 32.3. The number of anilines is 2. The van der Waals surface area contributed by atoms with Crippen LogP contribution in [0.5, 0.6) is 11.5 Å². The minimum Gasteiger partial charge on any atom is -0.497 e. The monoisotopic (exact) mass is 824 g/mol. The fourth-order valence-electron chi connectivity index (χ4n) is 8.37. The number of nitrogens with one attached hydrogen (secondary N) is 2. The summed E-state index contributed by atoms with van der Waals surface area (Å²) >= 11 is 13.4. The summed E-state index contributed by atoms with van der Waals surface area (Å²) in [6.45, 7) is 0. The van der Waals surface area contributed by atoms with Crippen molar-refractivity contribution in [1.82, 2.24) is 29.1 Å². The van der Waals surface area contributed by atoms with Crippen LogP contribution in [0.3, 0.4) is 0 Å². The molecule has 2 atom stereocenters. The molecule has 0 unspecified atom stereocenters. The van der Waals surface area contributed by atoms with Crippen LogP contribution >= 0.6 is 23.2 Å². The van der Waals surface area contributed by atoms with Crippen LogP contribution in [0.2, 0.25) is 10.3 Å². The van der Waals surface area contributed by atoms with E-state index in [0.29, 0.717) is 10.3 Å². The number of imidazole rings is 2. The van der Waals surface area contributed by atoms with Crippen molar-refractivity contribution in [2.24, 2.45) is 0 Å². The third-order valence-corrected chi connectivity index (χ3v) is 11.8. The third-order valence-electron chi connectivity index (χ3n) is 11.2. The predicted molar refractivity (Wildman–Crippen MR) is 240 cm³/mol. The second-order valence-corrected chi connectivity index (χ2v) is 15.3. The molecule has 12 heteroatoms. The minimum absolute atomic E-state index is 0.228. The maximum Gasteiger partial charge on any atom is 0.145 e. The highest BCUT2D eigenvalue weighted by atomic mass is 35.5. The molecule has 10 aromatic rings. The normalized spacial score (nSPS) is 14.9. The second kappa shape index (κ2) is 14.3. The Kier molecular flexibility index (Phi) is 8.57. The van der Waals surface area contributed by atoms with Gasteiger partial charge in [0.05, 0.1) is 47.3 Å². The first-order valence-corrected chi connectivity index (χ1v) is 20.2. The number of aromatic nitrogens is 6. The van der Waals surface area contributed by atoms with Crippen molar-refractivity contribution >= 4 is 78.4 Å². The van der Waals surface area contributed by atoms with Crippen LogP contribution in [0.1, 0.15) is 23.5 Å². The molecule has 0 aliphatic carbocycles. The Bertz CT molecular complexity index is 3110. The number of pyridine rings is 2. The average molecular weight is 826 g/mol. The molecule has 2 N–H and O–H groups in total. The van der Waals surface area contributed by atoms with Gasteiger partial charge in [-0.1, -0.05) is 71.7 Å². The van der Waals surface area contributed by atoms with Crippen molar-refractivity contribution < 1.29 is 9.47 Å². The quantitative estimate of drug-likeness (QED) is 0.169. The first-order valence-electron chi connectivity index (χ1n) is 19.4. The Hall–Kier alpha value is -7.14. The smallest absolute Gasteiger partial charge is 0.145 e. The van der Waals surface area contributed by atoms with Crippen molar-refractivity contribution in [3.63, 3.8) is 0 Å². The van der Waals surface area contributed by atoms with Crippen LogP contribution in [0.25, 0.3) is 66.6 Å². The Morgan fingerprint density at radius 2 is 0.883 bits per heavy atom. The van der Waals surface area contributed by atoms with Gasteiger partial charge in [0.15, 0.2) is 0 Å². The molecule has 6 aromatic carbocycles. The molecular formula is C48H34Cl2N8O2. The van der Waals surface area contributed by atoms with E-state index in [1.54, 1.807) is 14.2 Å². The fraction of sp³-hybridized carbons (Fsp3) is 0.0833. The van der Waals surface area contributed by atoms with Crippen LogP contribution in [0.4, 0.5) is 11.4 Å². The highest BCUT2D eigenvalue weighted by Crippen LogP contribution is 2.44. The SMILES string of the molecule is COc1ccc2cc([C@H]3Nc4ccccc4-c4nc5ccccc5n43)c(Cl)nc2c1.COc1ccc2cc([C@H]3Nc4ccccc4-c4nc5ccccc5n43)c(Cl)nc2c1. The van der Waals surface area contributed by atoms with Crippen molar-refractivity contribution in [1.29, 1.82) is 0 Å². The van der Waals surface area contributed by atoms with Gasteiger partial charge in [-0.2, -0.15) is 0 Å². The van der Waals surface area contributed by atoms with Crippen molar-refractivity contribution in [3.8, 4) is 34.3 Å². The fourth-order valence-corrected chi connectivity index (χ4v) is 8.87. The van der Waals surface area contributed by atoms with Gasteiger partial charge < -0.3 is 20.1 Å². The molecule has 10 nitrogen and oxygen atoms in total. The summed E-state index contributed by atoms with van der Waals surface area (Å²) in [7, 11) is 3.29. The molecule has 292 valence electrons. The van der Waals surface area contributed by atoms with E-state index in [1.807, 2.05) is 97.1 Å². The molecule has 0 bridgehead atoms. The molecule has 6 heterocycles. The summed E-state index contributed by atoms with van der Waals surface area (Å²) in [4.78, 5) is 19.2. The van der Waals surface area contributed by atoms with E-state index in [4.69, 9.17) is 42.6 Å². The van der Waals surface area contributed by atoms with Gasteiger partial charge in [-0.15, -0.1) is 0 Å². The molecule has 60 heavy (non-hydrogen) atoms. The number of halogens is 2. The van der Waals surface area contributed by atoms with Gasteiger partial charge >= 0.3 is 0 Å². The average Bonchev–Trinajstić information content (AvgIpc) is 3.88. The second-order valence-electron chi connectivity index (χ2n) is 14.6. The predicted octanol–water partition coefficient (Wildman–Crippen LogP) is 11.8. The lowest BCUT2D eigenvalue weighted by Crippen LogP contribution is -2.25. The van der Waals surface area contributed by atoms with Crippen LogP contribution in [0.15, 0.2) is 146 Å². The largest absolute Gasteiger partial charge is 0.497 e. The molecular weight excluding hydrogens is 791 g/mol. The number of para-hydroxylation sites is 6. The van der Waals surface area contributed by atoms with Crippen LogP contribution in [-0.2, 0) is 0 Å². The molecule has 0 saturated heterocycles. The minimum atomic E-state index is -0.228. The lowest BCUT2D eigenvalue weighted by Gasteiger charge is -2.30. The molecule has 0 saturated carbocycles.